The lowest BCUT2D eigenvalue weighted by Crippen LogP contribution is -1.99. The second kappa shape index (κ2) is 6.27. The summed E-state index contributed by atoms with van der Waals surface area (Å²) in [6, 6.07) is 17.5. The van der Waals surface area contributed by atoms with Gasteiger partial charge in [-0.3, -0.25) is 0 Å². The van der Waals surface area contributed by atoms with Crippen molar-refractivity contribution in [2.24, 2.45) is 0 Å². The number of para-hydroxylation sites is 1. The van der Waals surface area contributed by atoms with E-state index in [1.165, 1.54) is 11.8 Å². The summed E-state index contributed by atoms with van der Waals surface area (Å²) in [6.07, 6.45) is 1.92. The Balaban J connectivity index is 2.24. The van der Waals surface area contributed by atoms with Gasteiger partial charge >= 0.3 is 0 Å². The Hall–Kier alpha value is -2.22. The molecule has 0 saturated heterocycles. The molecule has 0 aliphatic heterocycles. The number of benzene rings is 2. The Morgan fingerprint density at radius 3 is 2.73 bits per heavy atom. The molecule has 3 aromatic rings. The van der Waals surface area contributed by atoms with Crippen molar-refractivity contribution in [3.8, 4) is 6.07 Å². The predicted molar refractivity (Wildman–Crippen MR) is 93.0 cm³/mol. The number of nitrogens with zero attached hydrogens (tertiary/aromatic N) is 2. The minimum Gasteiger partial charge on any atom is -0.354 e. The van der Waals surface area contributed by atoms with Crippen molar-refractivity contribution in [2.75, 3.05) is 11.6 Å². The third kappa shape index (κ3) is 2.74. The molecule has 1 heterocycles. The molecule has 0 saturated carbocycles. The van der Waals surface area contributed by atoms with Crippen LogP contribution in [0.2, 0.25) is 5.02 Å². The summed E-state index contributed by atoms with van der Waals surface area (Å²) in [4.78, 5) is 4.56. The van der Waals surface area contributed by atoms with E-state index in [-0.39, 0.29) is 0 Å². The first-order chi connectivity index (χ1) is 10.7. The molecule has 0 bridgehead atoms. The molecule has 3 nitrogen and oxygen atoms in total. The minimum absolute atomic E-state index is 0.547. The average Bonchev–Trinajstić information content (AvgIpc) is 2.54. The van der Waals surface area contributed by atoms with Crippen LogP contribution in [0.5, 0.6) is 0 Å². The Morgan fingerprint density at radius 2 is 2.00 bits per heavy atom. The molecule has 0 fully saturated rings. The van der Waals surface area contributed by atoms with Crippen LogP contribution in [-0.4, -0.2) is 11.2 Å². The van der Waals surface area contributed by atoms with E-state index in [1.54, 1.807) is 0 Å². The zero-order valence-corrected chi connectivity index (χ0v) is 13.4. The van der Waals surface area contributed by atoms with Crippen LogP contribution in [0.1, 0.15) is 5.56 Å². The largest absolute Gasteiger partial charge is 0.354 e. The monoisotopic (exact) mass is 325 g/mol. The maximum Gasteiger partial charge on any atom is 0.116 e. The van der Waals surface area contributed by atoms with Gasteiger partial charge in [0, 0.05) is 16.1 Å². The van der Waals surface area contributed by atoms with E-state index in [9.17, 15) is 5.26 Å². The lowest BCUT2D eigenvalue weighted by molar-refractivity contribution is 1.17. The number of pyridine rings is 1. The summed E-state index contributed by atoms with van der Waals surface area (Å²) in [6.45, 7) is 0. The van der Waals surface area contributed by atoms with Crippen LogP contribution < -0.4 is 5.32 Å². The third-order valence-electron chi connectivity index (χ3n) is 3.26. The molecule has 1 N–H and O–H groups in total. The van der Waals surface area contributed by atoms with Crippen LogP contribution in [0.15, 0.2) is 53.6 Å². The second-order valence-corrected chi connectivity index (χ2v) is 5.87. The van der Waals surface area contributed by atoms with Crippen LogP contribution >= 0.6 is 23.4 Å². The summed E-state index contributed by atoms with van der Waals surface area (Å²) < 4.78 is 0. The van der Waals surface area contributed by atoms with E-state index in [0.29, 0.717) is 15.6 Å². The molecule has 3 rings (SSSR count). The number of fused-ring (bicyclic) bond motifs is 1. The maximum atomic E-state index is 9.55. The zero-order valence-electron chi connectivity index (χ0n) is 11.8. The van der Waals surface area contributed by atoms with Gasteiger partial charge in [-0.25, -0.2) is 4.98 Å². The van der Waals surface area contributed by atoms with Gasteiger partial charge in [-0.2, -0.15) is 5.26 Å². The van der Waals surface area contributed by atoms with Crippen molar-refractivity contribution in [3.63, 3.8) is 0 Å². The van der Waals surface area contributed by atoms with Gasteiger partial charge in [-0.05, 0) is 30.5 Å². The molecule has 5 heteroatoms. The van der Waals surface area contributed by atoms with Gasteiger partial charge in [0.05, 0.1) is 11.2 Å². The van der Waals surface area contributed by atoms with Crippen molar-refractivity contribution >= 4 is 45.6 Å². The van der Waals surface area contributed by atoms with Crippen LogP contribution in [-0.2, 0) is 0 Å². The van der Waals surface area contributed by atoms with E-state index >= 15 is 0 Å². The van der Waals surface area contributed by atoms with Gasteiger partial charge < -0.3 is 5.32 Å². The minimum atomic E-state index is 0.547. The topological polar surface area (TPSA) is 48.7 Å². The lowest BCUT2D eigenvalue weighted by atomic mass is 10.1. The molecule has 0 aliphatic carbocycles. The first-order valence-electron chi connectivity index (χ1n) is 6.62. The normalized spacial score (nSPS) is 10.4. The SMILES string of the molecule is CSc1nc2ccccc2c(Nc2cccc(Cl)c2)c1C#N. The van der Waals surface area contributed by atoms with E-state index < -0.39 is 0 Å². The van der Waals surface area contributed by atoms with Crippen molar-refractivity contribution in [3.05, 3.63) is 59.1 Å². The number of hydrogen-bond donors (Lipinski definition) is 1. The molecule has 108 valence electrons. The lowest BCUT2D eigenvalue weighted by Gasteiger charge is -2.14. The highest BCUT2D eigenvalue weighted by atomic mass is 35.5. The van der Waals surface area contributed by atoms with Gasteiger partial charge in [0.25, 0.3) is 0 Å². The van der Waals surface area contributed by atoms with Crippen molar-refractivity contribution in [2.45, 2.75) is 5.03 Å². The van der Waals surface area contributed by atoms with Gasteiger partial charge in [-0.1, -0.05) is 35.9 Å². The van der Waals surface area contributed by atoms with Gasteiger partial charge in [0.2, 0.25) is 0 Å². The maximum absolute atomic E-state index is 9.55. The molecule has 0 radical (unpaired) electrons. The van der Waals surface area contributed by atoms with Gasteiger partial charge in [0.1, 0.15) is 16.7 Å². The Kier molecular flexibility index (Phi) is 4.19. The van der Waals surface area contributed by atoms with Crippen LogP contribution in [0, 0.1) is 11.3 Å². The van der Waals surface area contributed by atoms with E-state index in [1.807, 2.05) is 54.8 Å². The molecule has 0 atom stereocenters. The summed E-state index contributed by atoms with van der Waals surface area (Å²) in [7, 11) is 0. The van der Waals surface area contributed by atoms with E-state index in [0.717, 1.165) is 22.3 Å². The molecule has 0 unspecified atom stereocenters. The van der Waals surface area contributed by atoms with Gasteiger partial charge in [0.15, 0.2) is 0 Å². The first-order valence-corrected chi connectivity index (χ1v) is 8.22. The molecule has 1 aromatic heterocycles. The van der Waals surface area contributed by atoms with Crippen molar-refractivity contribution < 1.29 is 0 Å². The van der Waals surface area contributed by atoms with Crippen LogP contribution in [0.4, 0.5) is 11.4 Å². The summed E-state index contributed by atoms with van der Waals surface area (Å²) >= 11 is 7.50. The fraction of sp³-hybridized carbons (Fsp3) is 0.0588. The van der Waals surface area contributed by atoms with Gasteiger partial charge in [-0.15, -0.1) is 11.8 Å². The molecule has 0 amide bonds. The Bertz CT molecular complexity index is 887. The molecule has 0 spiro atoms. The smallest absolute Gasteiger partial charge is 0.116 e. The number of aromatic nitrogens is 1. The summed E-state index contributed by atoms with van der Waals surface area (Å²) in [5.74, 6) is 0. The first kappa shape index (κ1) is 14.7. The average molecular weight is 326 g/mol. The molecule has 22 heavy (non-hydrogen) atoms. The number of anilines is 2. The fourth-order valence-electron chi connectivity index (χ4n) is 2.28. The Labute approximate surface area is 137 Å². The molecule has 0 aliphatic rings. The molecule has 2 aromatic carbocycles. The fourth-order valence-corrected chi connectivity index (χ4v) is 3.01. The standard InChI is InChI=1S/C17H12ClN3S/c1-22-17-14(10-19)16(13-7-2-3-8-15(13)21-17)20-12-6-4-5-11(18)9-12/h2-9H,1H3,(H,20,21). The quantitative estimate of drug-likeness (QED) is 0.670. The van der Waals surface area contributed by atoms with Crippen molar-refractivity contribution in [1.29, 1.82) is 5.26 Å². The summed E-state index contributed by atoms with van der Waals surface area (Å²) in [5.41, 5.74) is 3.01. The van der Waals surface area contributed by atoms with Crippen LogP contribution in [0.3, 0.4) is 0 Å². The van der Waals surface area contributed by atoms with Crippen molar-refractivity contribution in [1.82, 2.24) is 4.98 Å². The zero-order chi connectivity index (χ0) is 15.5. The van der Waals surface area contributed by atoms with Crippen LogP contribution in [0.25, 0.3) is 10.9 Å². The van der Waals surface area contributed by atoms with E-state index in [2.05, 4.69) is 16.4 Å². The highest BCUT2D eigenvalue weighted by Crippen LogP contribution is 2.34. The highest BCUT2D eigenvalue weighted by Gasteiger charge is 2.14. The number of rotatable bonds is 3. The number of thioether (sulfide) groups is 1. The number of nitriles is 1. The third-order valence-corrected chi connectivity index (χ3v) is 4.18. The second-order valence-electron chi connectivity index (χ2n) is 4.64. The Morgan fingerprint density at radius 1 is 1.18 bits per heavy atom. The number of nitrogens with one attached hydrogen (secondary N) is 1. The summed E-state index contributed by atoms with van der Waals surface area (Å²) in [5, 5.41) is 15.1. The molecular weight excluding hydrogens is 314 g/mol. The highest BCUT2D eigenvalue weighted by molar-refractivity contribution is 7.98. The number of halogens is 1. The predicted octanol–water partition coefficient (Wildman–Crippen LogP) is 5.23. The molecular formula is C17H12ClN3S. The number of hydrogen-bond acceptors (Lipinski definition) is 4. The van der Waals surface area contributed by atoms with E-state index in [4.69, 9.17) is 11.6 Å².